The lowest BCUT2D eigenvalue weighted by Crippen LogP contribution is -2.15. The third-order valence-corrected chi connectivity index (χ3v) is 10.6. The van der Waals surface area contributed by atoms with Crippen molar-refractivity contribution < 1.29 is 4.74 Å². The van der Waals surface area contributed by atoms with Gasteiger partial charge in [0.2, 0.25) is 0 Å². The Kier molecular flexibility index (Phi) is 5.69. The summed E-state index contributed by atoms with van der Waals surface area (Å²) in [6, 6.07) is 57.6. The Hall–Kier alpha value is -5.92. The number of hydrogen-bond donors (Lipinski definition) is 0. The molecule has 1 nitrogen and oxygen atoms in total. The van der Waals surface area contributed by atoms with Gasteiger partial charge in [-0.05, 0) is 120 Å². The second kappa shape index (κ2) is 10.0. The zero-order valence-corrected chi connectivity index (χ0v) is 26.9. The summed E-state index contributed by atoms with van der Waals surface area (Å²) in [6.07, 6.45) is 0. The Labute approximate surface area is 280 Å². The number of fused-ring (bicyclic) bond motifs is 6. The highest BCUT2D eigenvalue weighted by atomic mass is 16.5. The van der Waals surface area contributed by atoms with Crippen LogP contribution in [0.4, 0.5) is 0 Å². The first kappa shape index (κ1) is 27.2. The van der Waals surface area contributed by atoms with E-state index in [1.807, 2.05) is 0 Å². The molecule has 10 rings (SSSR count). The smallest absolute Gasteiger partial charge is 0.135 e. The summed E-state index contributed by atoms with van der Waals surface area (Å²) in [5.41, 5.74) is 15.1. The standard InChI is InChI=1S/C47H32O/c1-47(2)42-28-34(18-20-37(42)40-25-31-12-6-7-13-32(31)27-43(40)47)30-14-8-15-35(24-30)36-21-23-45-46-38(36)16-9-17-39(46)41-26-33(19-22-44(41)48-45)29-10-4-3-5-11-29/h3-28H,1-2H3. The topological polar surface area (TPSA) is 9.23 Å². The van der Waals surface area contributed by atoms with E-state index in [1.165, 1.54) is 82.7 Å². The average molecular weight is 613 g/mol. The maximum atomic E-state index is 6.54. The summed E-state index contributed by atoms with van der Waals surface area (Å²) in [5.74, 6) is 1.81. The third kappa shape index (κ3) is 3.98. The number of hydrogen-bond acceptors (Lipinski definition) is 1. The monoisotopic (exact) mass is 612 g/mol. The lowest BCUT2D eigenvalue weighted by molar-refractivity contribution is 0.487. The molecule has 8 aromatic rings. The zero-order valence-electron chi connectivity index (χ0n) is 26.9. The van der Waals surface area contributed by atoms with Crippen LogP contribution in [0.25, 0.3) is 77.2 Å². The number of ether oxygens (including phenoxy) is 1. The SMILES string of the molecule is CC1(C)c2cc(-c3cccc(-c4ccc5c6c(cccc46)-c4cc(-c6ccccc6)ccc4O5)c3)ccc2-c2cc3ccccc3cc21. The highest BCUT2D eigenvalue weighted by molar-refractivity contribution is 6.10. The first-order chi connectivity index (χ1) is 23.5. The van der Waals surface area contributed by atoms with Gasteiger partial charge in [-0.1, -0.05) is 129 Å². The van der Waals surface area contributed by atoms with Gasteiger partial charge in [0.05, 0.1) is 0 Å². The molecule has 1 aliphatic heterocycles. The molecule has 1 heterocycles. The van der Waals surface area contributed by atoms with Crippen LogP contribution in [0, 0.1) is 0 Å². The largest absolute Gasteiger partial charge is 0.456 e. The Morgan fingerprint density at radius 1 is 0.375 bits per heavy atom. The summed E-state index contributed by atoms with van der Waals surface area (Å²) >= 11 is 0. The van der Waals surface area contributed by atoms with Crippen LogP contribution in [0.2, 0.25) is 0 Å². The fourth-order valence-corrected chi connectivity index (χ4v) is 8.16. The third-order valence-electron chi connectivity index (χ3n) is 10.6. The van der Waals surface area contributed by atoms with Gasteiger partial charge in [0, 0.05) is 16.4 Å². The predicted molar refractivity (Wildman–Crippen MR) is 201 cm³/mol. The molecule has 0 saturated heterocycles. The molecule has 1 heteroatoms. The number of rotatable bonds is 3. The van der Waals surface area contributed by atoms with Crippen LogP contribution in [-0.4, -0.2) is 0 Å². The first-order valence-electron chi connectivity index (χ1n) is 16.8. The van der Waals surface area contributed by atoms with E-state index >= 15 is 0 Å². The molecule has 0 amide bonds. The predicted octanol–water partition coefficient (Wildman–Crippen LogP) is 13.1. The van der Waals surface area contributed by atoms with Crippen LogP contribution in [0.15, 0.2) is 158 Å². The summed E-state index contributed by atoms with van der Waals surface area (Å²) in [7, 11) is 0. The van der Waals surface area contributed by atoms with Crippen molar-refractivity contribution in [1.29, 1.82) is 0 Å². The maximum absolute atomic E-state index is 6.54. The van der Waals surface area contributed by atoms with Gasteiger partial charge in [-0.25, -0.2) is 0 Å². The molecule has 8 aromatic carbocycles. The Balaban J connectivity index is 1.07. The van der Waals surface area contributed by atoms with Crippen molar-refractivity contribution in [2.24, 2.45) is 0 Å². The average Bonchev–Trinajstić information content (AvgIpc) is 3.36. The fourth-order valence-electron chi connectivity index (χ4n) is 8.16. The van der Waals surface area contributed by atoms with E-state index in [-0.39, 0.29) is 5.41 Å². The lowest BCUT2D eigenvalue weighted by Gasteiger charge is -2.23. The molecule has 0 fully saturated rings. The van der Waals surface area contributed by atoms with E-state index in [2.05, 4.69) is 172 Å². The Morgan fingerprint density at radius 2 is 1.02 bits per heavy atom. The van der Waals surface area contributed by atoms with E-state index in [4.69, 9.17) is 4.74 Å². The second-order valence-electron chi connectivity index (χ2n) is 13.7. The highest BCUT2D eigenvalue weighted by Crippen LogP contribution is 2.52. The Bertz CT molecular complexity index is 2610. The summed E-state index contributed by atoms with van der Waals surface area (Å²) in [4.78, 5) is 0. The van der Waals surface area contributed by atoms with Crippen LogP contribution >= 0.6 is 0 Å². The van der Waals surface area contributed by atoms with Crippen molar-refractivity contribution in [1.82, 2.24) is 0 Å². The van der Waals surface area contributed by atoms with Crippen LogP contribution in [0.5, 0.6) is 11.5 Å². The van der Waals surface area contributed by atoms with Crippen molar-refractivity contribution in [2.75, 3.05) is 0 Å². The van der Waals surface area contributed by atoms with Crippen molar-refractivity contribution in [2.45, 2.75) is 19.3 Å². The molecule has 1 aliphatic carbocycles. The van der Waals surface area contributed by atoms with Gasteiger partial charge in [0.15, 0.2) is 0 Å². The van der Waals surface area contributed by atoms with E-state index in [9.17, 15) is 0 Å². The molecule has 2 aliphatic rings. The first-order valence-corrected chi connectivity index (χ1v) is 16.8. The van der Waals surface area contributed by atoms with E-state index in [0.717, 1.165) is 17.1 Å². The van der Waals surface area contributed by atoms with Gasteiger partial charge in [-0.3, -0.25) is 0 Å². The minimum atomic E-state index is -0.0742. The van der Waals surface area contributed by atoms with Gasteiger partial charge < -0.3 is 4.74 Å². The molecule has 226 valence electrons. The van der Waals surface area contributed by atoms with Gasteiger partial charge in [0.25, 0.3) is 0 Å². The van der Waals surface area contributed by atoms with Gasteiger partial charge in [-0.15, -0.1) is 0 Å². The van der Waals surface area contributed by atoms with E-state index in [1.54, 1.807) is 0 Å². The minimum Gasteiger partial charge on any atom is -0.456 e. The molecule has 0 saturated carbocycles. The van der Waals surface area contributed by atoms with Crippen molar-refractivity contribution in [3.05, 3.63) is 169 Å². The molecule has 0 unspecified atom stereocenters. The molecule has 48 heavy (non-hydrogen) atoms. The van der Waals surface area contributed by atoms with Crippen molar-refractivity contribution in [3.8, 4) is 67.1 Å². The summed E-state index contributed by atoms with van der Waals surface area (Å²) in [6.45, 7) is 4.73. The molecule has 0 bridgehead atoms. The highest BCUT2D eigenvalue weighted by Gasteiger charge is 2.36. The fraction of sp³-hybridized carbons (Fsp3) is 0.0638. The molecule has 0 N–H and O–H groups in total. The lowest BCUT2D eigenvalue weighted by atomic mass is 9.81. The van der Waals surface area contributed by atoms with E-state index < -0.39 is 0 Å². The van der Waals surface area contributed by atoms with Crippen LogP contribution in [0.3, 0.4) is 0 Å². The molecule has 0 aromatic heterocycles. The van der Waals surface area contributed by atoms with Gasteiger partial charge in [0.1, 0.15) is 11.5 Å². The molecule has 0 atom stereocenters. The molecular formula is C47H32O. The normalized spacial score (nSPS) is 13.5. The Morgan fingerprint density at radius 3 is 1.90 bits per heavy atom. The summed E-state index contributed by atoms with van der Waals surface area (Å²) < 4.78 is 6.54. The number of benzene rings is 8. The van der Waals surface area contributed by atoms with Crippen LogP contribution in [0.1, 0.15) is 25.0 Å². The van der Waals surface area contributed by atoms with Crippen molar-refractivity contribution >= 4 is 21.5 Å². The van der Waals surface area contributed by atoms with Gasteiger partial charge in [-0.2, -0.15) is 0 Å². The molecular weight excluding hydrogens is 581 g/mol. The molecule has 0 radical (unpaired) electrons. The van der Waals surface area contributed by atoms with Gasteiger partial charge >= 0.3 is 0 Å². The van der Waals surface area contributed by atoms with Crippen molar-refractivity contribution in [3.63, 3.8) is 0 Å². The quantitative estimate of drug-likeness (QED) is 0.193. The summed E-state index contributed by atoms with van der Waals surface area (Å²) in [5, 5.41) is 4.97. The minimum absolute atomic E-state index is 0.0742. The molecule has 0 spiro atoms. The maximum Gasteiger partial charge on any atom is 0.135 e. The van der Waals surface area contributed by atoms with E-state index in [0.29, 0.717) is 0 Å². The van der Waals surface area contributed by atoms with Crippen LogP contribution < -0.4 is 4.74 Å². The van der Waals surface area contributed by atoms with Crippen LogP contribution in [-0.2, 0) is 5.41 Å². The zero-order chi connectivity index (χ0) is 32.0. The second-order valence-corrected chi connectivity index (χ2v) is 13.7.